The highest BCUT2D eigenvalue weighted by atomic mass is 32.2. The second-order valence-corrected chi connectivity index (χ2v) is 6.43. The van der Waals surface area contributed by atoms with Crippen LogP contribution in [0, 0.1) is 12.7 Å². The van der Waals surface area contributed by atoms with Crippen molar-refractivity contribution in [3.8, 4) is 0 Å². The number of hydrogen-bond acceptors (Lipinski definition) is 3. The molecule has 0 radical (unpaired) electrons. The molecule has 1 aromatic heterocycles. The lowest BCUT2D eigenvalue weighted by atomic mass is 10.2. The minimum atomic E-state index is -3.52. The molecule has 1 unspecified atom stereocenters. The van der Waals surface area contributed by atoms with Crippen LogP contribution in [0.15, 0.2) is 40.8 Å². The molecule has 0 saturated heterocycles. The summed E-state index contributed by atoms with van der Waals surface area (Å²) in [6.07, 6.45) is 0. The second kappa shape index (κ2) is 5.76. The Labute approximate surface area is 117 Å². The van der Waals surface area contributed by atoms with Crippen LogP contribution in [0.4, 0.5) is 4.39 Å². The van der Waals surface area contributed by atoms with Crippen molar-refractivity contribution in [2.24, 2.45) is 0 Å². The predicted octanol–water partition coefficient (Wildman–Crippen LogP) is 2.91. The molecule has 0 bridgehead atoms. The maximum absolute atomic E-state index is 12.8. The number of halogens is 1. The van der Waals surface area contributed by atoms with Crippen LogP contribution in [0.5, 0.6) is 0 Å². The van der Waals surface area contributed by atoms with Gasteiger partial charge in [0.05, 0.1) is 11.8 Å². The zero-order valence-corrected chi connectivity index (χ0v) is 12.1. The Bertz CT molecular complexity index is 677. The van der Waals surface area contributed by atoms with Crippen LogP contribution < -0.4 is 4.72 Å². The van der Waals surface area contributed by atoms with E-state index in [1.54, 1.807) is 26.0 Å². The summed E-state index contributed by atoms with van der Waals surface area (Å²) in [7, 11) is -3.52. The largest absolute Gasteiger partial charge is 0.465 e. The van der Waals surface area contributed by atoms with Crippen LogP contribution in [-0.2, 0) is 15.8 Å². The van der Waals surface area contributed by atoms with Crippen LogP contribution in [-0.4, -0.2) is 8.42 Å². The molecule has 108 valence electrons. The van der Waals surface area contributed by atoms with E-state index in [-0.39, 0.29) is 5.75 Å². The van der Waals surface area contributed by atoms with Crippen LogP contribution >= 0.6 is 0 Å². The van der Waals surface area contributed by atoms with E-state index < -0.39 is 21.9 Å². The van der Waals surface area contributed by atoms with Gasteiger partial charge < -0.3 is 4.42 Å². The molecule has 0 aliphatic heterocycles. The van der Waals surface area contributed by atoms with E-state index in [0.717, 1.165) is 5.76 Å². The molecular weight excluding hydrogens is 281 g/mol. The van der Waals surface area contributed by atoms with E-state index in [0.29, 0.717) is 11.3 Å². The molecule has 0 spiro atoms. The molecule has 0 fully saturated rings. The SMILES string of the molecule is Cc1ccc(C(C)NS(=O)(=O)Cc2ccc(F)cc2)o1. The first-order valence-electron chi connectivity index (χ1n) is 6.16. The Balaban J connectivity index is 2.05. The topological polar surface area (TPSA) is 59.3 Å². The van der Waals surface area contributed by atoms with E-state index in [1.165, 1.54) is 24.3 Å². The van der Waals surface area contributed by atoms with Gasteiger partial charge in [-0.2, -0.15) is 0 Å². The third kappa shape index (κ3) is 3.91. The summed E-state index contributed by atoms with van der Waals surface area (Å²) < 4.78 is 44.7. The number of benzene rings is 1. The second-order valence-electron chi connectivity index (χ2n) is 4.67. The summed E-state index contributed by atoms with van der Waals surface area (Å²) in [4.78, 5) is 0. The molecule has 1 aromatic carbocycles. The third-order valence-electron chi connectivity index (χ3n) is 2.81. The van der Waals surface area contributed by atoms with Gasteiger partial charge in [-0.25, -0.2) is 17.5 Å². The van der Waals surface area contributed by atoms with Crippen molar-refractivity contribution in [3.63, 3.8) is 0 Å². The minimum absolute atomic E-state index is 0.197. The molecule has 0 aliphatic rings. The summed E-state index contributed by atoms with van der Waals surface area (Å²) in [6.45, 7) is 3.50. The molecule has 2 rings (SSSR count). The van der Waals surface area contributed by atoms with Crippen LogP contribution in [0.25, 0.3) is 0 Å². The summed E-state index contributed by atoms with van der Waals surface area (Å²) >= 11 is 0. The lowest BCUT2D eigenvalue weighted by Gasteiger charge is -2.12. The van der Waals surface area contributed by atoms with Gasteiger partial charge in [0.2, 0.25) is 10.0 Å². The average molecular weight is 297 g/mol. The molecule has 1 heterocycles. The summed E-state index contributed by atoms with van der Waals surface area (Å²) in [5.74, 6) is 0.699. The highest BCUT2D eigenvalue weighted by molar-refractivity contribution is 7.88. The standard InChI is InChI=1S/C14H16FNO3S/c1-10-3-8-14(19-10)11(2)16-20(17,18)9-12-4-6-13(15)7-5-12/h3-8,11,16H,9H2,1-2H3. The monoisotopic (exact) mass is 297 g/mol. The van der Waals surface area contributed by atoms with Gasteiger partial charge >= 0.3 is 0 Å². The molecule has 1 N–H and O–H groups in total. The van der Waals surface area contributed by atoms with Gasteiger partial charge in [0.1, 0.15) is 17.3 Å². The van der Waals surface area contributed by atoms with Crippen LogP contribution in [0.1, 0.15) is 30.0 Å². The van der Waals surface area contributed by atoms with Gasteiger partial charge in [0, 0.05) is 0 Å². The first kappa shape index (κ1) is 14.7. The predicted molar refractivity (Wildman–Crippen MR) is 74.0 cm³/mol. The molecule has 0 amide bonds. The number of sulfonamides is 1. The van der Waals surface area contributed by atoms with Gasteiger partial charge in [-0.05, 0) is 43.7 Å². The molecule has 0 aliphatic carbocycles. The van der Waals surface area contributed by atoms with E-state index >= 15 is 0 Å². The molecule has 20 heavy (non-hydrogen) atoms. The summed E-state index contributed by atoms with van der Waals surface area (Å²) in [5, 5.41) is 0. The molecular formula is C14H16FNO3S. The Morgan fingerprint density at radius 2 is 1.85 bits per heavy atom. The Morgan fingerprint density at radius 1 is 1.20 bits per heavy atom. The van der Waals surface area contributed by atoms with E-state index in [2.05, 4.69) is 4.72 Å². The first-order chi connectivity index (χ1) is 9.35. The molecule has 0 saturated carbocycles. The van der Waals surface area contributed by atoms with Crippen molar-refractivity contribution < 1.29 is 17.2 Å². The number of hydrogen-bond donors (Lipinski definition) is 1. The smallest absolute Gasteiger partial charge is 0.216 e. The molecule has 2 aromatic rings. The lowest BCUT2D eigenvalue weighted by molar-refractivity contribution is 0.441. The molecule has 6 heteroatoms. The van der Waals surface area contributed by atoms with Gasteiger partial charge in [-0.1, -0.05) is 12.1 Å². The summed E-state index contributed by atoms with van der Waals surface area (Å²) in [6, 6.07) is 8.45. The number of nitrogens with one attached hydrogen (secondary N) is 1. The van der Waals surface area contributed by atoms with Gasteiger partial charge in [-0.15, -0.1) is 0 Å². The van der Waals surface area contributed by atoms with E-state index in [9.17, 15) is 12.8 Å². The fourth-order valence-corrected chi connectivity index (χ4v) is 3.22. The quantitative estimate of drug-likeness (QED) is 0.923. The molecule has 4 nitrogen and oxygen atoms in total. The number of aryl methyl sites for hydroxylation is 1. The Kier molecular flexibility index (Phi) is 4.25. The normalized spacial score (nSPS) is 13.3. The highest BCUT2D eigenvalue weighted by Crippen LogP contribution is 2.17. The van der Waals surface area contributed by atoms with Crippen molar-refractivity contribution >= 4 is 10.0 Å². The average Bonchev–Trinajstić information content (AvgIpc) is 2.78. The van der Waals surface area contributed by atoms with Crippen LogP contribution in [0.2, 0.25) is 0 Å². The Hall–Kier alpha value is -1.66. The van der Waals surface area contributed by atoms with Crippen molar-refractivity contribution in [1.82, 2.24) is 4.72 Å². The van der Waals surface area contributed by atoms with E-state index in [1.807, 2.05) is 0 Å². The minimum Gasteiger partial charge on any atom is -0.465 e. The molecule has 1 atom stereocenters. The van der Waals surface area contributed by atoms with Gasteiger partial charge in [0.25, 0.3) is 0 Å². The van der Waals surface area contributed by atoms with Crippen molar-refractivity contribution in [1.29, 1.82) is 0 Å². The van der Waals surface area contributed by atoms with Crippen molar-refractivity contribution in [2.75, 3.05) is 0 Å². The van der Waals surface area contributed by atoms with Gasteiger partial charge in [0.15, 0.2) is 0 Å². The fourth-order valence-electron chi connectivity index (χ4n) is 1.86. The van der Waals surface area contributed by atoms with Crippen molar-refractivity contribution in [3.05, 3.63) is 59.3 Å². The number of furan rings is 1. The summed E-state index contributed by atoms with van der Waals surface area (Å²) in [5.41, 5.74) is 0.529. The van der Waals surface area contributed by atoms with Crippen molar-refractivity contribution in [2.45, 2.75) is 25.6 Å². The van der Waals surface area contributed by atoms with Crippen LogP contribution in [0.3, 0.4) is 0 Å². The zero-order chi connectivity index (χ0) is 14.8. The maximum atomic E-state index is 12.8. The van der Waals surface area contributed by atoms with E-state index in [4.69, 9.17) is 4.42 Å². The highest BCUT2D eigenvalue weighted by Gasteiger charge is 2.18. The third-order valence-corrected chi connectivity index (χ3v) is 4.24. The fraction of sp³-hybridized carbons (Fsp3) is 0.286. The first-order valence-corrected chi connectivity index (χ1v) is 7.82. The maximum Gasteiger partial charge on any atom is 0.216 e. The van der Waals surface area contributed by atoms with Gasteiger partial charge in [-0.3, -0.25) is 0 Å². The Morgan fingerprint density at radius 3 is 2.40 bits per heavy atom. The zero-order valence-electron chi connectivity index (χ0n) is 11.3. The number of rotatable bonds is 5. The lowest BCUT2D eigenvalue weighted by Crippen LogP contribution is -2.27.